The third-order valence-electron chi connectivity index (χ3n) is 4.97. The fourth-order valence-electron chi connectivity index (χ4n) is 3.51. The number of benzene rings is 1. The average Bonchev–Trinajstić information content (AvgIpc) is 3.34. The van der Waals surface area contributed by atoms with E-state index in [1.54, 1.807) is 49.4 Å². The van der Waals surface area contributed by atoms with E-state index >= 15 is 0 Å². The lowest BCUT2D eigenvalue weighted by molar-refractivity contribution is -0.0494. The molecule has 0 atom stereocenters. The fourth-order valence-corrected chi connectivity index (χ4v) is 4.60. The van der Waals surface area contributed by atoms with E-state index < -0.39 is 12.5 Å². The van der Waals surface area contributed by atoms with Crippen molar-refractivity contribution in [1.29, 1.82) is 0 Å². The number of halogens is 2. The van der Waals surface area contributed by atoms with Crippen molar-refractivity contribution in [3.63, 3.8) is 0 Å². The lowest BCUT2D eigenvalue weighted by Crippen LogP contribution is -2.12. The highest BCUT2D eigenvalue weighted by atomic mass is 32.2. The molecule has 4 aromatic rings. The van der Waals surface area contributed by atoms with E-state index in [2.05, 4.69) is 15.2 Å². The number of rotatable bonds is 7. The molecule has 3 heterocycles. The van der Waals surface area contributed by atoms with Gasteiger partial charge in [0.05, 0.1) is 0 Å². The van der Waals surface area contributed by atoms with Crippen LogP contribution >= 0.6 is 11.8 Å². The molecule has 0 radical (unpaired) electrons. The molecule has 11 heteroatoms. The molecular formula is C21H18F2N6O2S. The van der Waals surface area contributed by atoms with Crippen LogP contribution in [0.2, 0.25) is 0 Å². The Labute approximate surface area is 185 Å². The van der Waals surface area contributed by atoms with Crippen LogP contribution in [-0.2, 0) is 7.05 Å². The molecule has 164 valence electrons. The number of nitrogens with two attached hydrogens (primary N) is 1. The zero-order valence-corrected chi connectivity index (χ0v) is 17.7. The summed E-state index contributed by atoms with van der Waals surface area (Å²) >= 11 is 1.68. The minimum atomic E-state index is -3.00. The number of aryl methyl sites for hydroxylation is 1. The van der Waals surface area contributed by atoms with Crippen molar-refractivity contribution in [2.45, 2.75) is 29.6 Å². The highest BCUT2D eigenvalue weighted by Gasteiger charge is 2.27. The van der Waals surface area contributed by atoms with E-state index in [-0.39, 0.29) is 17.0 Å². The molecular weight excluding hydrogens is 438 g/mol. The zero-order chi connectivity index (χ0) is 22.4. The van der Waals surface area contributed by atoms with E-state index in [0.29, 0.717) is 27.7 Å². The number of hydrogen-bond donors (Lipinski definition) is 1. The second-order valence-electron chi connectivity index (χ2n) is 7.39. The van der Waals surface area contributed by atoms with Gasteiger partial charge in [-0.3, -0.25) is 9.48 Å². The van der Waals surface area contributed by atoms with Gasteiger partial charge in [0.2, 0.25) is 0 Å². The smallest absolute Gasteiger partial charge is 0.387 e. The maximum absolute atomic E-state index is 13.1. The molecule has 1 aliphatic carbocycles. The summed E-state index contributed by atoms with van der Waals surface area (Å²) in [4.78, 5) is 17.4. The summed E-state index contributed by atoms with van der Waals surface area (Å²) in [6, 6.07) is 6.73. The zero-order valence-electron chi connectivity index (χ0n) is 16.9. The monoisotopic (exact) mass is 456 g/mol. The molecule has 1 fully saturated rings. The third kappa shape index (κ3) is 3.79. The van der Waals surface area contributed by atoms with E-state index in [4.69, 9.17) is 10.5 Å². The molecule has 3 aromatic heterocycles. The number of thioether (sulfide) groups is 1. The second-order valence-corrected chi connectivity index (χ2v) is 8.77. The van der Waals surface area contributed by atoms with Crippen molar-refractivity contribution in [1.82, 2.24) is 24.4 Å². The quantitative estimate of drug-likeness (QED) is 0.455. The van der Waals surface area contributed by atoms with Crippen molar-refractivity contribution in [3.05, 3.63) is 48.4 Å². The topological polar surface area (TPSA) is 100 Å². The van der Waals surface area contributed by atoms with Crippen LogP contribution in [0.4, 0.5) is 8.78 Å². The lowest BCUT2D eigenvalue weighted by Gasteiger charge is -2.12. The van der Waals surface area contributed by atoms with Crippen molar-refractivity contribution in [2.24, 2.45) is 12.8 Å². The van der Waals surface area contributed by atoms with Crippen LogP contribution < -0.4 is 10.5 Å². The molecule has 0 saturated heterocycles. The summed E-state index contributed by atoms with van der Waals surface area (Å²) in [6.07, 6.45) is 7.09. The molecule has 8 nitrogen and oxygen atoms in total. The maximum atomic E-state index is 13.1. The van der Waals surface area contributed by atoms with Gasteiger partial charge in [-0.05, 0) is 37.1 Å². The molecule has 0 bridgehead atoms. The summed E-state index contributed by atoms with van der Waals surface area (Å²) in [7, 11) is 1.70. The van der Waals surface area contributed by atoms with Gasteiger partial charge in [-0.1, -0.05) is 0 Å². The predicted molar refractivity (Wildman–Crippen MR) is 115 cm³/mol. The standard InChI is InChI=1S/C21H18F2N6O2S/c1-28-10-14(18-16(19(24)30)20-25-7-2-8-29(20)27-18)17(26-28)13-9-12(32-11-3-4-11)5-6-15(13)31-21(22)23/h2,5-11,21H,3-4H2,1H3,(H2,24,30). The molecule has 0 aliphatic heterocycles. The van der Waals surface area contributed by atoms with Crippen LogP contribution in [0.1, 0.15) is 23.2 Å². The number of nitrogens with zero attached hydrogens (tertiary/aromatic N) is 5. The van der Waals surface area contributed by atoms with Crippen molar-refractivity contribution < 1.29 is 18.3 Å². The number of primary amides is 1. The maximum Gasteiger partial charge on any atom is 0.387 e. The van der Waals surface area contributed by atoms with Gasteiger partial charge in [0, 0.05) is 46.9 Å². The summed E-state index contributed by atoms with van der Waals surface area (Å²) in [5.74, 6) is -0.715. The summed E-state index contributed by atoms with van der Waals surface area (Å²) in [5.41, 5.74) is 7.54. The Balaban J connectivity index is 1.72. The van der Waals surface area contributed by atoms with E-state index in [1.807, 2.05) is 0 Å². The predicted octanol–water partition coefficient (Wildman–Crippen LogP) is 3.75. The Hall–Kier alpha value is -3.47. The van der Waals surface area contributed by atoms with Crippen LogP contribution in [-0.4, -0.2) is 42.1 Å². The van der Waals surface area contributed by atoms with E-state index in [1.165, 1.54) is 21.5 Å². The number of alkyl halides is 2. The number of hydrogen-bond acceptors (Lipinski definition) is 6. The SMILES string of the molecule is Cn1cc(-c2nn3cccnc3c2C(N)=O)c(-c2cc(SC3CC3)ccc2OC(F)F)n1. The summed E-state index contributed by atoms with van der Waals surface area (Å²) in [6.45, 7) is -3.00. The number of ether oxygens (including phenoxy) is 1. The first kappa shape index (κ1) is 20.4. The van der Waals surface area contributed by atoms with E-state index in [0.717, 1.165) is 17.7 Å². The number of amides is 1. The molecule has 5 rings (SSSR count). The van der Waals surface area contributed by atoms with Gasteiger partial charge in [-0.2, -0.15) is 19.0 Å². The average molecular weight is 456 g/mol. The Bertz CT molecular complexity index is 1330. The Morgan fingerprint density at radius 3 is 2.78 bits per heavy atom. The van der Waals surface area contributed by atoms with Crippen LogP contribution in [0.3, 0.4) is 0 Å². The number of fused-ring (bicyclic) bond motifs is 1. The number of carbonyl (C=O) groups excluding carboxylic acids is 1. The summed E-state index contributed by atoms with van der Waals surface area (Å²) < 4.78 is 34.0. The first-order chi connectivity index (χ1) is 15.4. The Morgan fingerprint density at radius 1 is 1.25 bits per heavy atom. The largest absolute Gasteiger partial charge is 0.434 e. The van der Waals surface area contributed by atoms with Gasteiger partial charge in [0.15, 0.2) is 5.65 Å². The van der Waals surface area contributed by atoms with Gasteiger partial charge in [0.25, 0.3) is 5.91 Å². The Morgan fingerprint density at radius 2 is 2.06 bits per heavy atom. The van der Waals surface area contributed by atoms with Gasteiger partial charge < -0.3 is 10.5 Å². The fraction of sp³-hybridized carbons (Fsp3) is 0.238. The first-order valence-corrected chi connectivity index (χ1v) is 10.7. The van der Waals surface area contributed by atoms with E-state index in [9.17, 15) is 13.6 Å². The lowest BCUT2D eigenvalue weighted by atomic mass is 10.0. The van der Waals surface area contributed by atoms with Crippen molar-refractivity contribution >= 4 is 23.3 Å². The Kier molecular flexibility index (Phi) is 5.04. The van der Waals surface area contributed by atoms with Gasteiger partial charge in [-0.15, -0.1) is 11.8 Å². The van der Waals surface area contributed by atoms with Gasteiger partial charge in [-0.25, -0.2) is 9.50 Å². The molecule has 1 amide bonds. The number of aromatic nitrogens is 5. The van der Waals surface area contributed by atoms with Gasteiger partial charge >= 0.3 is 6.61 Å². The van der Waals surface area contributed by atoms with Crippen LogP contribution in [0, 0.1) is 0 Å². The highest BCUT2D eigenvalue weighted by molar-refractivity contribution is 8.00. The first-order valence-electron chi connectivity index (χ1n) is 9.83. The third-order valence-corrected chi connectivity index (χ3v) is 6.31. The molecule has 32 heavy (non-hydrogen) atoms. The number of carbonyl (C=O) groups is 1. The molecule has 1 aromatic carbocycles. The normalized spacial score (nSPS) is 13.8. The van der Waals surface area contributed by atoms with Crippen LogP contribution in [0.5, 0.6) is 5.75 Å². The molecule has 0 unspecified atom stereocenters. The van der Waals surface area contributed by atoms with Crippen LogP contribution in [0.15, 0.2) is 47.8 Å². The molecule has 0 spiro atoms. The molecule has 1 saturated carbocycles. The molecule has 2 N–H and O–H groups in total. The highest BCUT2D eigenvalue weighted by Crippen LogP contribution is 2.44. The summed E-state index contributed by atoms with van der Waals surface area (Å²) in [5, 5.41) is 9.50. The minimum Gasteiger partial charge on any atom is -0.434 e. The molecule has 1 aliphatic rings. The minimum absolute atomic E-state index is 0.0115. The van der Waals surface area contributed by atoms with Crippen molar-refractivity contribution in [3.8, 4) is 28.3 Å². The second kappa shape index (κ2) is 7.90. The van der Waals surface area contributed by atoms with Gasteiger partial charge in [0.1, 0.15) is 22.7 Å². The van der Waals surface area contributed by atoms with Crippen LogP contribution in [0.25, 0.3) is 28.2 Å². The van der Waals surface area contributed by atoms with Crippen molar-refractivity contribution in [2.75, 3.05) is 0 Å².